The SMILES string of the molecule is N#C[C@H](O)[C@@H]1COC2(CCCCC2)O1. The molecule has 1 N–H and O–H groups in total. The molecule has 2 atom stereocenters. The van der Waals surface area contributed by atoms with Gasteiger partial charge in [-0.05, 0) is 12.8 Å². The van der Waals surface area contributed by atoms with Gasteiger partial charge in [-0.2, -0.15) is 5.26 Å². The summed E-state index contributed by atoms with van der Waals surface area (Å²) in [5.41, 5.74) is 0. The quantitative estimate of drug-likeness (QED) is 0.635. The molecule has 0 radical (unpaired) electrons. The fraction of sp³-hybridized carbons (Fsp3) is 0.900. The van der Waals surface area contributed by atoms with Gasteiger partial charge < -0.3 is 14.6 Å². The van der Waals surface area contributed by atoms with Gasteiger partial charge in [0.15, 0.2) is 11.9 Å². The zero-order valence-corrected chi connectivity index (χ0v) is 8.11. The van der Waals surface area contributed by atoms with Gasteiger partial charge in [0.1, 0.15) is 6.10 Å². The summed E-state index contributed by atoms with van der Waals surface area (Å²) >= 11 is 0. The van der Waals surface area contributed by atoms with Gasteiger partial charge in [-0.25, -0.2) is 0 Å². The summed E-state index contributed by atoms with van der Waals surface area (Å²) in [6.07, 6.45) is 3.70. The highest BCUT2D eigenvalue weighted by atomic mass is 16.7. The molecule has 0 aromatic carbocycles. The van der Waals surface area contributed by atoms with Crippen LogP contribution in [0.4, 0.5) is 0 Å². The van der Waals surface area contributed by atoms with Crippen LogP contribution < -0.4 is 0 Å². The van der Waals surface area contributed by atoms with Gasteiger partial charge in [0, 0.05) is 12.8 Å². The van der Waals surface area contributed by atoms with Crippen molar-refractivity contribution in [1.82, 2.24) is 0 Å². The van der Waals surface area contributed by atoms with Crippen molar-refractivity contribution in [3.8, 4) is 6.07 Å². The molecule has 2 rings (SSSR count). The van der Waals surface area contributed by atoms with Crippen LogP contribution in [0, 0.1) is 11.3 Å². The van der Waals surface area contributed by atoms with Crippen LogP contribution in [0.25, 0.3) is 0 Å². The summed E-state index contributed by atoms with van der Waals surface area (Å²) in [6.45, 7) is 0.342. The molecule has 1 saturated carbocycles. The third kappa shape index (κ3) is 1.76. The Morgan fingerprint density at radius 2 is 2.07 bits per heavy atom. The molecule has 78 valence electrons. The minimum absolute atomic E-state index is 0.342. The van der Waals surface area contributed by atoms with Crippen molar-refractivity contribution in [3.05, 3.63) is 0 Å². The molecule has 2 fully saturated rings. The number of aliphatic hydroxyl groups is 1. The van der Waals surface area contributed by atoms with Gasteiger partial charge >= 0.3 is 0 Å². The fourth-order valence-corrected chi connectivity index (χ4v) is 2.17. The van der Waals surface area contributed by atoms with Crippen molar-refractivity contribution in [2.24, 2.45) is 0 Å². The number of ether oxygens (including phenoxy) is 2. The Balaban J connectivity index is 1.96. The molecular formula is C10H15NO3. The van der Waals surface area contributed by atoms with Crippen LogP contribution in [0.3, 0.4) is 0 Å². The molecule has 1 heterocycles. The van der Waals surface area contributed by atoms with Gasteiger partial charge in [-0.3, -0.25) is 0 Å². The molecule has 0 aromatic heterocycles. The normalized spacial score (nSPS) is 32.7. The standard InChI is InChI=1S/C10H15NO3/c11-6-8(12)9-7-13-10(14-9)4-2-1-3-5-10/h8-9,12H,1-5,7H2/t8-,9-/m0/s1. The van der Waals surface area contributed by atoms with E-state index in [4.69, 9.17) is 14.7 Å². The first-order chi connectivity index (χ1) is 6.76. The number of hydrogen-bond acceptors (Lipinski definition) is 4. The number of aliphatic hydroxyl groups excluding tert-OH is 1. The van der Waals surface area contributed by atoms with Gasteiger partial charge in [-0.1, -0.05) is 6.42 Å². The molecule has 4 nitrogen and oxygen atoms in total. The third-order valence-corrected chi connectivity index (χ3v) is 2.98. The summed E-state index contributed by atoms with van der Waals surface area (Å²) < 4.78 is 11.2. The van der Waals surface area contributed by atoms with Crippen molar-refractivity contribution < 1.29 is 14.6 Å². The minimum atomic E-state index is -1.06. The van der Waals surface area contributed by atoms with Gasteiger partial charge in [-0.15, -0.1) is 0 Å². The van der Waals surface area contributed by atoms with E-state index in [0.717, 1.165) is 25.7 Å². The molecule has 1 spiro atoms. The Labute approximate surface area is 83.4 Å². The molecule has 0 unspecified atom stereocenters. The fourth-order valence-electron chi connectivity index (χ4n) is 2.17. The van der Waals surface area contributed by atoms with Crippen LogP contribution in [0.1, 0.15) is 32.1 Å². The van der Waals surface area contributed by atoms with E-state index in [2.05, 4.69) is 0 Å². The van der Waals surface area contributed by atoms with Crippen molar-refractivity contribution in [2.75, 3.05) is 6.61 Å². The number of hydrogen-bond donors (Lipinski definition) is 1. The van der Waals surface area contributed by atoms with E-state index < -0.39 is 18.0 Å². The molecule has 1 aliphatic carbocycles. The van der Waals surface area contributed by atoms with E-state index in [1.165, 1.54) is 6.42 Å². The monoisotopic (exact) mass is 197 g/mol. The van der Waals surface area contributed by atoms with Crippen molar-refractivity contribution >= 4 is 0 Å². The lowest BCUT2D eigenvalue weighted by molar-refractivity contribution is -0.192. The van der Waals surface area contributed by atoms with E-state index >= 15 is 0 Å². The Morgan fingerprint density at radius 3 is 2.71 bits per heavy atom. The Kier molecular flexibility index (Phi) is 2.73. The first-order valence-electron chi connectivity index (χ1n) is 5.15. The average Bonchev–Trinajstić information content (AvgIpc) is 2.62. The summed E-state index contributed by atoms with van der Waals surface area (Å²) in [5, 5.41) is 17.9. The lowest BCUT2D eigenvalue weighted by Gasteiger charge is -2.31. The number of rotatable bonds is 1. The van der Waals surface area contributed by atoms with Crippen LogP contribution in [-0.2, 0) is 9.47 Å². The Hall–Kier alpha value is -0.630. The summed E-state index contributed by atoms with van der Waals surface area (Å²) in [4.78, 5) is 0. The predicted molar refractivity (Wildman–Crippen MR) is 48.3 cm³/mol. The number of nitriles is 1. The first kappa shape index (κ1) is 9.91. The highest BCUT2D eigenvalue weighted by Gasteiger charge is 2.44. The van der Waals surface area contributed by atoms with Crippen molar-refractivity contribution in [3.63, 3.8) is 0 Å². The van der Waals surface area contributed by atoms with Gasteiger partial charge in [0.05, 0.1) is 12.7 Å². The summed E-state index contributed by atoms with van der Waals surface area (Å²) in [6, 6.07) is 1.78. The van der Waals surface area contributed by atoms with Crippen LogP contribution in [0.2, 0.25) is 0 Å². The molecule has 4 heteroatoms. The van der Waals surface area contributed by atoms with Crippen LogP contribution in [0.5, 0.6) is 0 Å². The number of nitrogens with zero attached hydrogens (tertiary/aromatic N) is 1. The molecule has 1 aliphatic heterocycles. The zero-order chi connectivity index (χ0) is 10.0. The molecule has 2 aliphatic rings. The molecule has 0 amide bonds. The minimum Gasteiger partial charge on any atom is -0.375 e. The van der Waals surface area contributed by atoms with Crippen molar-refractivity contribution in [2.45, 2.75) is 50.1 Å². The van der Waals surface area contributed by atoms with Crippen LogP contribution >= 0.6 is 0 Å². The van der Waals surface area contributed by atoms with Crippen LogP contribution in [0.15, 0.2) is 0 Å². The van der Waals surface area contributed by atoms with E-state index in [9.17, 15) is 5.11 Å². The Bertz CT molecular complexity index is 242. The smallest absolute Gasteiger partial charge is 0.169 e. The van der Waals surface area contributed by atoms with Crippen molar-refractivity contribution in [1.29, 1.82) is 5.26 Å². The van der Waals surface area contributed by atoms with Gasteiger partial charge in [0.2, 0.25) is 0 Å². The highest BCUT2D eigenvalue weighted by Crippen LogP contribution is 2.38. The average molecular weight is 197 g/mol. The topological polar surface area (TPSA) is 62.5 Å². The molecule has 14 heavy (non-hydrogen) atoms. The Morgan fingerprint density at radius 1 is 1.36 bits per heavy atom. The maximum Gasteiger partial charge on any atom is 0.169 e. The highest BCUT2D eigenvalue weighted by molar-refractivity contribution is 4.94. The largest absolute Gasteiger partial charge is 0.375 e. The lowest BCUT2D eigenvalue weighted by atomic mass is 9.94. The predicted octanol–water partition coefficient (Wildman–Crippen LogP) is 0.947. The molecule has 0 bridgehead atoms. The molecular weight excluding hydrogens is 182 g/mol. The summed E-state index contributed by atoms with van der Waals surface area (Å²) in [5.74, 6) is -0.485. The second kappa shape index (κ2) is 3.85. The van der Waals surface area contributed by atoms with E-state index in [0.29, 0.717) is 6.61 Å². The van der Waals surface area contributed by atoms with E-state index in [1.54, 1.807) is 6.07 Å². The lowest BCUT2D eigenvalue weighted by Crippen LogP contribution is -2.35. The second-order valence-electron chi connectivity index (χ2n) is 4.01. The zero-order valence-electron chi connectivity index (χ0n) is 8.11. The third-order valence-electron chi connectivity index (χ3n) is 2.98. The van der Waals surface area contributed by atoms with E-state index in [-0.39, 0.29) is 0 Å². The van der Waals surface area contributed by atoms with E-state index in [1.807, 2.05) is 0 Å². The molecule has 1 saturated heterocycles. The first-order valence-corrected chi connectivity index (χ1v) is 5.15. The maximum absolute atomic E-state index is 9.31. The maximum atomic E-state index is 9.31. The van der Waals surface area contributed by atoms with Gasteiger partial charge in [0.25, 0.3) is 0 Å². The van der Waals surface area contributed by atoms with Crippen LogP contribution in [-0.4, -0.2) is 29.7 Å². The summed E-state index contributed by atoms with van der Waals surface area (Å²) in [7, 11) is 0. The molecule has 0 aromatic rings. The second-order valence-corrected chi connectivity index (χ2v) is 4.01.